The van der Waals surface area contributed by atoms with Crippen LogP contribution in [0, 0.1) is 11.8 Å². The molecule has 0 spiro atoms. The number of amides is 1. The van der Waals surface area contributed by atoms with E-state index in [1.165, 1.54) is 12.8 Å². The summed E-state index contributed by atoms with van der Waals surface area (Å²) < 4.78 is 11.1. The molecule has 0 unspecified atom stereocenters. The number of nitrogens with one attached hydrogen (secondary N) is 1. The molecule has 2 aliphatic heterocycles. The number of hydrogen-bond acceptors (Lipinski definition) is 5. The molecule has 0 aromatic carbocycles. The summed E-state index contributed by atoms with van der Waals surface area (Å²) in [6, 6.07) is 3.99. The molecule has 0 radical (unpaired) electrons. The summed E-state index contributed by atoms with van der Waals surface area (Å²) in [5, 5.41) is 3.45. The highest BCUT2D eigenvalue weighted by Crippen LogP contribution is 2.29. The van der Waals surface area contributed by atoms with Gasteiger partial charge in [0.25, 0.3) is 0 Å². The molecule has 3 heterocycles. The Morgan fingerprint density at radius 1 is 1.20 bits per heavy atom. The van der Waals surface area contributed by atoms with Crippen molar-refractivity contribution in [2.24, 2.45) is 16.8 Å². The van der Waals surface area contributed by atoms with Crippen LogP contribution >= 0.6 is 0 Å². The van der Waals surface area contributed by atoms with E-state index in [0.29, 0.717) is 31.6 Å². The minimum Gasteiger partial charge on any atom is -0.477 e. The Morgan fingerprint density at radius 3 is 2.67 bits per heavy atom. The van der Waals surface area contributed by atoms with E-state index in [1.807, 2.05) is 24.1 Å². The van der Waals surface area contributed by atoms with Gasteiger partial charge in [-0.15, -0.1) is 0 Å². The lowest BCUT2D eigenvalue weighted by Crippen LogP contribution is -2.49. The number of guanidine groups is 1. The first kappa shape index (κ1) is 20.9. The number of carbonyl (C=O) groups is 1. The summed E-state index contributed by atoms with van der Waals surface area (Å²) in [5.74, 6) is 2.69. The van der Waals surface area contributed by atoms with E-state index in [-0.39, 0.29) is 11.8 Å². The Kier molecular flexibility index (Phi) is 7.04. The fourth-order valence-corrected chi connectivity index (χ4v) is 4.02. The van der Waals surface area contributed by atoms with E-state index in [2.05, 4.69) is 20.2 Å². The zero-order valence-electron chi connectivity index (χ0n) is 17.9. The van der Waals surface area contributed by atoms with Crippen molar-refractivity contribution < 1.29 is 14.3 Å². The molecule has 1 aromatic rings. The number of pyridine rings is 1. The maximum absolute atomic E-state index is 12.7. The third-order valence-electron chi connectivity index (χ3n) is 6.09. The minimum atomic E-state index is 0.115. The van der Waals surface area contributed by atoms with E-state index < -0.39 is 0 Å². The second-order valence-electron chi connectivity index (χ2n) is 8.36. The number of aliphatic imine (C=N–C) groups is 1. The standard InChI is InChI=1S/C22H33N5O3/c1-23-22(25-15-18-4-7-24-20(14-18)30-16-17-2-3-17)27-8-5-19(6-9-27)21(28)26-10-12-29-13-11-26/h4,7,14,17,19H,2-3,5-6,8-13,15-16H2,1H3,(H,23,25). The van der Waals surface area contributed by atoms with Crippen molar-refractivity contribution in [1.82, 2.24) is 20.1 Å². The van der Waals surface area contributed by atoms with Crippen LogP contribution in [0.4, 0.5) is 0 Å². The molecule has 0 bridgehead atoms. The van der Waals surface area contributed by atoms with Gasteiger partial charge in [-0.05, 0) is 43.2 Å². The van der Waals surface area contributed by atoms with Crippen molar-refractivity contribution in [3.63, 3.8) is 0 Å². The van der Waals surface area contributed by atoms with Crippen LogP contribution in [0.5, 0.6) is 5.88 Å². The van der Waals surface area contributed by atoms with Crippen LogP contribution in [0.25, 0.3) is 0 Å². The molecule has 1 amide bonds. The van der Waals surface area contributed by atoms with E-state index in [1.54, 1.807) is 6.20 Å². The van der Waals surface area contributed by atoms with E-state index >= 15 is 0 Å². The Labute approximate surface area is 178 Å². The summed E-state index contributed by atoms with van der Waals surface area (Å²) in [4.78, 5) is 25.7. The molecule has 4 rings (SSSR count). The fourth-order valence-electron chi connectivity index (χ4n) is 4.02. The van der Waals surface area contributed by atoms with Gasteiger partial charge in [0, 0.05) is 58.0 Å². The Balaban J connectivity index is 1.24. The predicted molar refractivity (Wildman–Crippen MR) is 114 cm³/mol. The molecule has 1 aromatic heterocycles. The molecule has 0 atom stereocenters. The molecule has 1 saturated carbocycles. The minimum absolute atomic E-state index is 0.115. The Bertz CT molecular complexity index is 738. The monoisotopic (exact) mass is 415 g/mol. The second-order valence-corrected chi connectivity index (χ2v) is 8.36. The highest BCUT2D eigenvalue weighted by Gasteiger charge is 2.30. The number of ether oxygens (including phenoxy) is 2. The van der Waals surface area contributed by atoms with Gasteiger partial charge in [-0.1, -0.05) is 0 Å². The van der Waals surface area contributed by atoms with Crippen molar-refractivity contribution in [1.29, 1.82) is 0 Å². The van der Waals surface area contributed by atoms with Gasteiger partial charge < -0.3 is 24.6 Å². The fraction of sp³-hybridized carbons (Fsp3) is 0.682. The van der Waals surface area contributed by atoms with Gasteiger partial charge in [-0.25, -0.2) is 4.98 Å². The summed E-state index contributed by atoms with van der Waals surface area (Å²) in [7, 11) is 1.81. The van der Waals surface area contributed by atoms with Crippen molar-refractivity contribution in [2.75, 3.05) is 53.0 Å². The average molecular weight is 416 g/mol. The molecular weight excluding hydrogens is 382 g/mol. The molecule has 1 aliphatic carbocycles. The summed E-state index contributed by atoms with van der Waals surface area (Å²) in [5.41, 5.74) is 1.12. The van der Waals surface area contributed by atoms with Gasteiger partial charge in [-0.2, -0.15) is 0 Å². The van der Waals surface area contributed by atoms with Crippen LogP contribution in [0.2, 0.25) is 0 Å². The largest absolute Gasteiger partial charge is 0.477 e. The second kappa shape index (κ2) is 10.1. The first-order valence-electron chi connectivity index (χ1n) is 11.1. The molecule has 2 saturated heterocycles. The van der Waals surface area contributed by atoms with Gasteiger partial charge >= 0.3 is 0 Å². The van der Waals surface area contributed by atoms with E-state index in [9.17, 15) is 4.79 Å². The average Bonchev–Trinajstić information content (AvgIpc) is 3.64. The zero-order chi connectivity index (χ0) is 20.8. The lowest BCUT2D eigenvalue weighted by atomic mass is 9.95. The molecule has 8 nitrogen and oxygen atoms in total. The summed E-state index contributed by atoms with van der Waals surface area (Å²) in [6.07, 6.45) is 6.07. The number of carbonyl (C=O) groups excluding carboxylic acids is 1. The Morgan fingerprint density at radius 2 is 1.97 bits per heavy atom. The van der Waals surface area contributed by atoms with Gasteiger partial charge in [-0.3, -0.25) is 9.79 Å². The number of rotatable bonds is 6. The molecule has 164 valence electrons. The molecule has 1 N–H and O–H groups in total. The first-order valence-corrected chi connectivity index (χ1v) is 11.1. The topological polar surface area (TPSA) is 79.3 Å². The highest BCUT2D eigenvalue weighted by atomic mass is 16.5. The highest BCUT2D eigenvalue weighted by molar-refractivity contribution is 5.81. The molecule has 30 heavy (non-hydrogen) atoms. The molecule has 8 heteroatoms. The first-order chi connectivity index (χ1) is 14.7. The summed E-state index contributed by atoms with van der Waals surface area (Å²) in [6.45, 7) is 5.87. The molecular formula is C22H33N5O3. The molecule has 3 fully saturated rings. The SMILES string of the molecule is CN=C(NCc1ccnc(OCC2CC2)c1)N1CCC(C(=O)N2CCOCC2)CC1. The normalized spacial score (nSPS) is 20.9. The zero-order valence-corrected chi connectivity index (χ0v) is 17.9. The lowest BCUT2D eigenvalue weighted by Gasteiger charge is -2.36. The van der Waals surface area contributed by atoms with Crippen molar-refractivity contribution in [2.45, 2.75) is 32.2 Å². The van der Waals surface area contributed by atoms with Crippen LogP contribution in [-0.4, -0.2) is 79.7 Å². The van der Waals surface area contributed by atoms with Gasteiger partial charge in [0.05, 0.1) is 19.8 Å². The number of likely N-dealkylation sites (tertiary alicyclic amines) is 1. The van der Waals surface area contributed by atoms with E-state index in [4.69, 9.17) is 9.47 Å². The quantitative estimate of drug-likeness (QED) is 0.561. The van der Waals surface area contributed by atoms with Crippen LogP contribution < -0.4 is 10.1 Å². The van der Waals surface area contributed by atoms with Gasteiger partial charge in [0.1, 0.15) is 0 Å². The predicted octanol–water partition coefficient (Wildman–Crippen LogP) is 1.52. The van der Waals surface area contributed by atoms with Crippen molar-refractivity contribution in [3.8, 4) is 5.88 Å². The van der Waals surface area contributed by atoms with Crippen LogP contribution in [-0.2, 0) is 16.1 Å². The smallest absolute Gasteiger partial charge is 0.225 e. The van der Waals surface area contributed by atoms with Gasteiger partial charge in [0.15, 0.2) is 5.96 Å². The van der Waals surface area contributed by atoms with Crippen LogP contribution in [0.1, 0.15) is 31.2 Å². The van der Waals surface area contributed by atoms with Crippen molar-refractivity contribution >= 4 is 11.9 Å². The number of piperidine rings is 1. The molecule has 3 aliphatic rings. The number of aromatic nitrogens is 1. The number of hydrogen-bond donors (Lipinski definition) is 1. The summed E-state index contributed by atoms with van der Waals surface area (Å²) >= 11 is 0. The van der Waals surface area contributed by atoms with Gasteiger partial charge in [0.2, 0.25) is 11.8 Å². The number of morpholine rings is 1. The maximum Gasteiger partial charge on any atom is 0.225 e. The third-order valence-corrected chi connectivity index (χ3v) is 6.09. The van der Waals surface area contributed by atoms with Crippen LogP contribution in [0.3, 0.4) is 0 Å². The Hall–Kier alpha value is -2.35. The maximum atomic E-state index is 12.7. The third kappa shape index (κ3) is 5.62. The van der Waals surface area contributed by atoms with Crippen LogP contribution in [0.15, 0.2) is 23.3 Å². The lowest BCUT2D eigenvalue weighted by molar-refractivity contribution is -0.140. The number of nitrogens with zero attached hydrogens (tertiary/aromatic N) is 4. The van der Waals surface area contributed by atoms with Crippen molar-refractivity contribution in [3.05, 3.63) is 23.9 Å². The van der Waals surface area contributed by atoms with E-state index in [0.717, 1.165) is 57.2 Å².